The number of aromatic nitrogens is 2. The smallest absolute Gasteiger partial charge is 0.415 e. The fourth-order valence-corrected chi connectivity index (χ4v) is 2.11. The molecule has 0 spiro atoms. The first-order chi connectivity index (χ1) is 8.70. The zero-order valence-electron chi connectivity index (χ0n) is 9.86. The van der Waals surface area contributed by atoms with Gasteiger partial charge >= 0.3 is 12.1 Å². The molecule has 0 bridgehead atoms. The minimum Gasteiger partial charge on any atom is -0.450 e. The van der Waals surface area contributed by atoms with Crippen molar-refractivity contribution in [3.05, 3.63) is 11.8 Å². The third-order valence-corrected chi connectivity index (χ3v) is 3.20. The fourth-order valence-electron chi connectivity index (χ4n) is 1.43. The summed E-state index contributed by atoms with van der Waals surface area (Å²) in [5.41, 5.74) is 1.11. The van der Waals surface area contributed by atoms with Crippen molar-refractivity contribution >= 4 is 24.1 Å². The van der Waals surface area contributed by atoms with Gasteiger partial charge < -0.3 is 4.74 Å². The van der Waals surface area contributed by atoms with Crippen molar-refractivity contribution in [1.29, 1.82) is 0 Å². The minimum atomic E-state index is -0.761. The lowest BCUT2D eigenvalue weighted by Crippen LogP contribution is -2.36. The number of hydrogen-bond acceptors (Lipinski definition) is 5. The third kappa shape index (κ3) is 3.39. The van der Waals surface area contributed by atoms with Crippen molar-refractivity contribution in [3.63, 3.8) is 0 Å². The van der Waals surface area contributed by atoms with Gasteiger partial charge in [-0.25, -0.2) is 14.9 Å². The molecule has 2 rings (SSSR count). The highest BCUT2D eigenvalue weighted by Gasteiger charge is 2.27. The first kappa shape index (κ1) is 12.7. The molecule has 1 aliphatic rings. The topological polar surface area (TPSA) is 96.1 Å². The van der Waals surface area contributed by atoms with Crippen LogP contribution in [0.15, 0.2) is 11.2 Å². The number of rotatable bonds is 4. The highest BCUT2D eigenvalue weighted by molar-refractivity contribution is 7.97. The summed E-state index contributed by atoms with van der Waals surface area (Å²) >= 11 is 1.10. The van der Waals surface area contributed by atoms with Gasteiger partial charge in [0.1, 0.15) is 5.03 Å². The van der Waals surface area contributed by atoms with E-state index in [1.165, 1.54) is 0 Å². The lowest BCUT2D eigenvalue weighted by molar-refractivity contribution is 0.153. The predicted octanol–water partition coefficient (Wildman–Crippen LogP) is 1.75. The Balaban J connectivity index is 1.78. The largest absolute Gasteiger partial charge is 0.450 e. The number of alkyl carbamates (subject to hydrolysis) is 1. The SMILES string of the molecule is CCOC(=O)NC(=O)NSc1[nH]ncc1C1CC1. The van der Waals surface area contributed by atoms with Gasteiger partial charge in [-0.1, -0.05) is 0 Å². The van der Waals surface area contributed by atoms with Gasteiger partial charge in [0.2, 0.25) is 0 Å². The van der Waals surface area contributed by atoms with Gasteiger partial charge in [-0.05, 0) is 25.7 Å². The second-order valence-corrected chi connectivity index (χ2v) is 4.62. The van der Waals surface area contributed by atoms with E-state index >= 15 is 0 Å². The number of ether oxygens (including phenoxy) is 1. The van der Waals surface area contributed by atoms with Crippen LogP contribution in [0.25, 0.3) is 0 Å². The molecule has 1 fully saturated rings. The standard InChI is InChI=1S/C10H14N4O3S/c1-2-17-10(16)12-9(15)14-18-8-7(5-11-13-8)6-3-4-6/h5-6H,2-4H2,1H3,(H,11,13)(H2,12,14,15,16). The molecule has 0 aromatic carbocycles. The summed E-state index contributed by atoms with van der Waals surface area (Å²) in [7, 11) is 0. The van der Waals surface area contributed by atoms with Crippen LogP contribution in [0.1, 0.15) is 31.2 Å². The Kier molecular flexibility index (Phi) is 4.08. The highest BCUT2D eigenvalue weighted by atomic mass is 32.2. The molecule has 98 valence electrons. The number of urea groups is 1. The Labute approximate surface area is 108 Å². The summed E-state index contributed by atoms with van der Waals surface area (Å²) in [5.74, 6) is 0.543. The second kappa shape index (κ2) is 5.76. The number of amides is 3. The van der Waals surface area contributed by atoms with Crippen LogP contribution >= 0.6 is 11.9 Å². The maximum Gasteiger partial charge on any atom is 0.415 e. The summed E-state index contributed by atoms with van der Waals surface area (Å²) in [6.45, 7) is 1.89. The maximum absolute atomic E-state index is 11.3. The average Bonchev–Trinajstić information content (AvgIpc) is 3.06. The summed E-state index contributed by atoms with van der Waals surface area (Å²) in [5, 5.41) is 9.60. The normalized spacial score (nSPS) is 14.1. The minimum absolute atomic E-state index is 0.221. The Morgan fingerprint density at radius 3 is 3.06 bits per heavy atom. The molecule has 8 heteroatoms. The van der Waals surface area contributed by atoms with Crippen LogP contribution in [0.2, 0.25) is 0 Å². The van der Waals surface area contributed by atoms with Gasteiger partial charge in [-0.3, -0.25) is 9.82 Å². The average molecular weight is 270 g/mol. The van der Waals surface area contributed by atoms with Crippen molar-refractivity contribution in [3.8, 4) is 0 Å². The number of nitrogens with zero attached hydrogens (tertiary/aromatic N) is 1. The number of nitrogens with one attached hydrogen (secondary N) is 3. The first-order valence-corrected chi connectivity index (χ1v) is 6.46. The summed E-state index contributed by atoms with van der Waals surface area (Å²) in [6, 6.07) is -0.616. The van der Waals surface area contributed by atoms with E-state index in [-0.39, 0.29) is 6.61 Å². The molecule has 3 N–H and O–H groups in total. The van der Waals surface area contributed by atoms with E-state index < -0.39 is 12.1 Å². The van der Waals surface area contributed by atoms with E-state index in [1.54, 1.807) is 13.1 Å². The van der Waals surface area contributed by atoms with Gasteiger partial charge in [0.15, 0.2) is 0 Å². The number of aromatic amines is 1. The van der Waals surface area contributed by atoms with E-state index in [4.69, 9.17) is 0 Å². The van der Waals surface area contributed by atoms with Crippen molar-refractivity contribution in [2.45, 2.75) is 30.7 Å². The summed E-state index contributed by atoms with van der Waals surface area (Å²) in [4.78, 5) is 22.3. The summed E-state index contributed by atoms with van der Waals surface area (Å²) < 4.78 is 7.07. The van der Waals surface area contributed by atoms with E-state index in [2.05, 4.69) is 19.7 Å². The van der Waals surface area contributed by atoms with Crippen LogP contribution in [-0.2, 0) is 4.74 Å². The third-order valence-electron chi connectivity index (χ3n) is 2.39. The molecule has 1 aromatic rings. The number of H-pyrrole nitrogens is 1. The molecule has 1 heterocycles. The molecule has 0 saturated heterocycles. The fraction of sp³-hybridized carbons (Fsp3) is 0.500. The number of imide groups is 1. The van der Waals surface area contributed by atoms with Gasteiger partial charge in [0.05, 0.1) is 12.8 Å². The van der Waals surface area contributed by atoms with Gasteiger partial charge in [0.25, 0.3) is 0 Å². The van der Waals surface area contributed by atoms with Crippen LogP contribution in [0, 0.1) is 0 Å². The number of hydrogen-bond donors (Lipinski definition) is 3. The Hall–Kier alpha value is -1.70. The van der Waals surface area contributed by atoms with Gasteiger partial charge in [0, 0.05) is 17.5 Å². The van der Waals surface area contributed by atoms with Gasteiger partial charge in [-0.15, -0.1) is 0 Å². The molecule has 1 aromatic heterocycles. The lowest BCUT2D eigenvalue weighted by Gasteiger charge is -2.05. The van der Waals surface area contributed by atoms with Gasteiger partial charge in [-0.2, -0.15) is 5.10 Å². The van der Waals surface area contributed by atoms with E-state index in [0.717, 1.165) is 35.4 Å². The van der Waals surface area contributed by atoms with Crippen molar-refractivity contribution in [2.75, 3.05) is 6.61 Å². The molecule has 7 nitrogen and oxygen atoms in total. The zero-order valence-corrected chi connectivity index (χ0v) is 10.7. The Morgan fingerprint density at radius 1 is 1.61 bits per heavy atom. The molecule has 1 saturated carbocycles. The molecular weight excluding hydrogens is 256 g/mol. The van der Waals surface area contributed by atoms with Crippen LogP contribution < -0.4 is 10.0 Å². The van der Waals surface area contributed by atoms with Crippen molar-refractivity contribution in [2.24, 2.45) is 0 Å². The van der Waals surface area contributed by atoms with Crippen LogP contribution in [0.5, 0.6) is 0 Å². The number of carbonyl (C=O) groups excluding carboxylic acids is 2. The van der Waals surface area contributed by atoms with E-state index in [9.17, 15) is 9.59 Å². The molecule has 1 aliphatic carbocycles. The number of carbonyl (C=O) groups is 2. The lowest BCUT2D eigenvalue weighted by atomic mass is 10.2. The quantitative estimate of drug-likeness (QED) is 0.724. The second-order valence-electron chi connectivity index (χ2n) is 3.81. The van der Waals surface area contributed by atoms with Crippen LogP contribution in [-0.4, -0.2) is 28.9 Å². The molecule has 0 unspecified atom stereocenters. The maximum atomic E-state index is 11.3. The Morgan fingerprint density at radius 2 is 2.39 bits per heavy atom. The predicted molar refractivity (Wildman–Crippen MR) is 65.1 cm³/mol. The van der Waals surface area contributed by atoms with E-state index in [0.29, 0.717) is 5.92 Å². The van der Waals surface area contributed by atoms with Crippen LogP contribution in [0.3, 0.4) is 0 Å². The molecule has 0 aliphatic heterocycles. The van der Waals surface area contributed by atoms with Crippen LogP contribution in [0.4, 0.5) is 9.59 Å². The molecule has 0 radical (unpaired) electrons. The van der Waals surface area contributed by atoms with Crippen molar-refractivity contribution in [1.82, 2.24) is 20.2 Å². The monoisotopic (exact) mass is 270 g/mol. The summed E-state index contributed by atoms with van der Waals surface area (Å²) in [6.07, 6.45) is 3.32. The molecule has 18 heavy (non-hydrogen) atoms. The molecule has 0 atom stereocenters. The zero-order chi connectivity index (χ0) is 13.0. The van der Waals surface area contributed by atoms with E-state index in [1.807, 2.05) is 5.32 Å². The molecule has 3 amide bonds. The van der Waals surface area contributed by atoms with Crippen molar-refractivity contribution < 1.29 is 14.3 Å². The Bertz CT molecular complexity index is 444. The first-order valence-electron chi connectivity index (χ1n) is 5.64. The highest BCUT2D eigenvalue weighted by Crippen LogP contribution is 2.42. The molecular formula is C10H14N4O3S.